The molecule has 0 saturated carbocycles. The van der Waals surface area contributed by atoms with Gasteiger partial charge >= 0.3 is 0 Å². The number of aromatic nitrogens is 2. The largest absolute Gasteiger partial charge is 1.00 e. The van der Waals surface area contributed by atoms with Crippen LogP contribution >= 0.6 is 0 Å². The molecule has 0 radical (unpaired) electrons. The van der Waals surface area contributed by atoms with Crippen molar-refractivity contribution in [1.82, 2.24) is 0 Å². The van der Waals surface area contributed by atoms with Crippen molar-refractivity contribution < 1.29 is 57.1 Å². The minimum Gasteiger partial charge on any atom is -1.00 e. The van der Waals surface area contributed by atoms with E-state index >= 15 is 0 Å². The Morgan fingerprint density at radius 3 is 1.22 bits per heavy atom. The van der Waals surface area contributed by atoms with Crippen molar-refractivity contribution in [3.63, 3.8) is 0 Å². The number of aryl methyl sites for hydroxylation is 2. The molecule has 0 aliphatic heterocycles. The van der Waals surface area contributed by atoms with Gasteiger partial charge in [-0.05, 0) is 58.1 Å². The van der Waals surface area contributed by atoms with Gasteiger partial charge in [0.2, 0.25) is 0 Å². The molecule has 0 saturated heterocycles. The van der Waals surface area contributed by atoms with Gasteiger partial charge < -0.3 is 48.0 Å². The van der Waals surface area contributed by atoms with Crippen LogP contribution < -0.4 is 57.1 Å². The van der Waals surface area contributed by atoms with Gasteiger partial charge in [-0.3, -0.25) is 0 Å². The molecule has 23 heavy (non-hydrogen) atoms. The highest BCUT2D eigenvalue weighted by atomic mass is 127. The van der Waals surface area contributed by atoms with Crippen molar-refractivity contribution in [1.29, 1.82) is 0 Å². The molecule has 2 heterocycles. The highest BCUT2D eigenvalue weighted by Gasteiger charge is 2.06. The Balaban J connectivity index is 0.00000242. The van der Waals surface area contributed by atoms with E-state index in [1.807, 2.05) is 0 Å². The summed E-state index contributed by atoms with van der Waals surface area (Å²) in [6.45, 7) is 8.83. The lowest BCUT2D eigenvalue weighted by Gasteiger charge is -2.04. The maximum atomic E-state index is 2.25. The van der Waals surface area contributed by atoms with Gasteiger partial charge in [0.05, 0.1) is 0 Å². The van der Waals surface area contributed by atoms with Gasteiger partial charge in [0, 0.05) is 24.3 Å². The third kappa shape index (κ3) is 7.45. The van der Waals surface area contributed by atoms with Gasteiger partial charge in [-0.2, -0.15) is 0 Å². The molecule has 0 bridgehead atoms. The SMILES string of the molecule is CC(C)[n+]1ccc(CCCc2cc[n+](C(C)C)cc2)cc1.[I-].[I-]. The number of nitrogens with zero attached hydrogens (tertiary/aromatic N) is 2. The van der Waals surface area contributed by atoms with E-state index in [0.29, 0.717) is 12.1 Å². The zero-order valence-electron chi connectivity index (χ0n) is 14.5. The van der Waals surface area contributed by atoms with Crippen LogP contribution in [-0.4, -0.2) is 0 Å². The first-order chi connectivity index (χ1) is 10.1. The molecule has 0 unspecified atom stereocenters. The van der Waals surface area contributed by atoms with Gasteiger partial charge in [0.15, 0.2) is 36.9 Å². The first-order valence-corrected chi connectivity index (χ1v) is 8.05. The minimum atomic E-state index is 0. The van der Waals surface area contributed by atoms with Crippen LogP contribution in [0.15, 0.2) is 49.1 Å². The predicted molar refractivity (Wildman–Crippen MR) is 86.1 cm³/mol. The van der Waals surface area contributed by atoms with E-state index in [4.69, 9.17) is 0 Å². The number of pyridine rings is 2. The average molecular weight is 538 g/mol. The van der Waals surface area contributed by atoms with Gasteiger partial charge in [-0.25, -0.2) is 9.13 Å². The molecule has 2 nitrogen and oxygen atoms in total. The van der Waals surface area contributed by atoms with Crippen molar-refractivity contribution in [2.24, 2.45) is 0 Å². The lowest BCUT2D eigenvalue weighted by Crippen LogP contribution is -3.00. The van der Waals surface area contributed by atoms with E-state index < -0.39 is 0 Å². The highest BCUT2D eigenvalue weighted by Crippen LogP contribution is 2.07. The smallest absolute Gasteiger partial charge is 0.169 e. The van der Waals surface area contributed by atoms with Crippen molar-refractivity contribution in [2.45, 2.75) is 59.0 Å². The first kappa shape index (κ1) is 22.8. The highest BCUT2D eigenvalue weighted by molar-refractivity contribution is 5.10. The molecular formula is C19H28I2N2. The molecule has 0 N–H and O–H groups in total. The summed E-state index contributed by atoms with van der Waals surface area (Å²) in [5.41, 5.74) is 2.86. The van der Waals surface area contributed by atoms with Gasteiger partial charge in [0.25, 0.3) is 0 Å². The summed E-state index contributed by atoms with van der Waals surface area (Å²) in [6.07, 6.45) is 12.3. The van der Waals surface area contributed by atoms with Crippen LogP contribution in [0.4, 0.5) is 0 Å². The maximum absolute atomic E-state index is 2.25. The van der Waals surface area contributed by atoms with Gasteiger partial charge in [-0.15, -0.1) is 0 Å². The van der Waals surface area contributed by atoms with E-state index in [9.17, 15) is 0 Å². The second-order valence-electron chi connectivity index (χ2n) is 6.35. The second kappa shape index (κ2) is 11.3. The molecule has 0 aromatic carbocycles. The van der Waals surface area contributed by atoms with E-state index in [-0.39, 0.29) is 48.0 Å². The van der Waals surface area contributed by atoms with Crippen LogP contribution in [0.1, 0.15) is 57.3 Å². The topological polar surface area (TPSA) is 7.76 Å². The van der Waals surface area contributed by atoms with Gasteiger partial charge in [-0.1, -0.05) is 0 Å². The fourth-order valence-electron chi connectivity index (χ4n) is 2.46. The molecule has 2 aromatic rings. The van der Waals surface area contributed by atoms with Crippen molar-refractivity contribution >= 4 is 0 Å². The minimum absolute atomic E-state index is 0. The molecule has 0 atom stereocenters. The van der Waals surface area contributed by atoms with Crippen LogP contribution in [0, 0.1) is 0 Å². The fraction of sp³-hybridized carbons (Fsp3) is 0.474. The molecule has 0 spiro atoms. The third-order valence-corrected chi connectivity index (χ3v) is 3.97. The molecule has 0 aliphatic carbocycles. The summed E-state index contributed by atoms with van der Waals surface area (Å²) in [4.78, 5) is 0. The normalized spacial score (nSPS) is 10.3. The van der Waals surface area contributed by atoms with Crippen molar-refractivity contribution in [3.05, 3.63) is 60.2 Å². The monoisotopic (exact) mass is 538 g/mol. The molecule has 128 valence electrons. The molecule has 0 fully saturated rings. The Morgan fingerprint density at radius 1 is 0.652 bits per heavy atom. The van der Waals surface area contributed by atoms with Crippen molar-refractivity contribution in [3.8, 4) is 0 Å². The van der Waals surface area contributed by atoms with E-state index in [1.165, 1.54) is 17.5 Å². The summed E-state index contributed by atoms with van der Waals surface area (Å²) >= 11 is 0. The summed E-state index contributed by atoms with van der Waals surface area (Å²) in [5.74, 6) is 0. The summed E-state index contributed by atoms with van der Waals surface area (Å²) in [6, 6.07) is 10.1. The Labute approximate surface area is 175 Å². The lowest BCUT2D eigenvalue weighted by atomic mass is 10.1. The van der Waals surface area contributed by atoms with Crippen molar-refractivity contribution in [2.75, 3.05) is 0 Å². The van der Waals surface area contributed by atoms with Gasteiger partial charge in [0.1, 0.15) is 0 Å². The second-order valence-corrected chi connectivity index (χ2v) is 6.35. The number of rotatable bonds is 6. The van der Waals surface area contributed by atoms with E-state index in [0.717, 1.165) is 12.8 Å². The Bertz CT molecular complexity index is 497. The third-order valence-electron chi connectivity index (χ3n) is 3.97. The number of hydrogen-bond acceptors (Lipinski definition) is 0. The average Bonchev–Trinajstić information content (AvgIpc) is 2.48. The Kier molecular flexibility index (Phi) is 11.2. The zero-order valence-corrected chi connectivity index (χ0v) is 18.9. The molecule has 4 heteroatoms. The molecule has 2 aromatic heterocycles. The summed E-state index contributed by atoms with van der Waals surface area (Å²) < 4.78 is 4.48. The summed E-state index contributed by atoms with van der Waals surface area (Å²) in [7, 11) is 0. The number of halogens is 2. The Morgan fingerprint density at radius 2 is 0.957 bits per heavy atom. The standard InChI is InChI=1S/C19H28N2.2HI/c1-16(2)20-12-8-18(9-13-20)6-5-7-19-10-14-21(15-11-19)17(3)4;;/h8-17H,5-7H2,1-4H3;2*1H/q+2;;/p-2. The van der Waals surface area contributed by atoms with E-state index in [2.05, 4.69) is 85.9 Å². The fourth-order valence-corrected chi connectivity index (χ4v) is 2.46. The zero-order chi connectivity index (χ0) is 15.2. The van der Waals surface area contributed by atoms with Crippen LogP contribution in [-0.2, 0) is 12.8 Å². The maximum Gasteiger partial charge on any atom is 0.169 e. The summed E-state index contributed by atoms with van der Waals surface area (Å²) in [5, 5.41) is 0. The van der Waals surface area contributed by atoms with Crippen LogP contribution in [0.3, 0.4) is 0 Å². The predicted octanol–water partition coefficient (Wildman–Crippen LogP) is -2.39. The van der Waals surface area contributed by atoms with Crippen LogP contribution in [0.2, 0.25) is 0 Å². The molecule has 0 aliphatic rings. The molecule has 2 rings (SSSR count). The van der Waals surface area contributed by atoms with Crippen LogP contribution in [0.5, 0.6) is 0 Å². The lowest BCUT2D eigenvalue weighted by molar-refractivity contribution is -0.716. The van der Waals surface area contributed by atoms with E-state index in [1.54, 1.807) is 0 Å². The quantitative estimate of drug-likeness (QED) is 0.287. The van der Waals surface area contributed by atoms with Crippen LogP contribution in [0.25, 0.3) is 0 Å². The Hall–Kier alpha value is -0.240. The first-order valence-electron chi connectivity index (χ1n) is 8.05. The number of hydrogen-bond donors (Lipinski definition) is 0. The molecule has 0 amide bonds. The molecular weight excluding hydrogens is 510 g/mol.